The highest BCUT2D eigenvalue weighted by molar-refractivity contribution is 9.10. The van der Waals surface area contributed by atoms with Gasteiger partial charge < -0.3 is 8.92 Å². The van der Waals surface area contributed by atoms with Gasteiger partial charge in [-0.25, -0.2) is 5.43 Å². The molecule has 0 saturated carbocycles. The zero-order valence-corrected chi connectivity index (χ0v) is 22.2. The van der Waals surface area contributed by atoms with E-state index in [9.17, 15) is 13.2 Å². The van der Waals surface area contributed by atoms with E-state index in [1.807, 2.05) is 31.2 Å². The molecule has 0 saturated heterocycles. The number of amides is 1. The summed E-state index contributed by atoms with van der Waals surface area (Å²) in [5, 5.41) is 3.96. The number of hydrazone groups is 1. The highest BCUT2D eigenvalue weighted by Gasteiger charge is 2.16. The summed E-state index contributed by atoms with van der Waals surface area (Å²) in [6.07, 6.45) is 1.45. The summed E-state index contributed by atoms with van der Waals surface area (Å²) in [6.45, 7) is 2.29. The second-order valence-corrected chi connectivity index (χ2v) is 10.5. The van der Waals surface area contributed by atoms with Crippen LogP contribution >= 0.6 is 15.9 Å². The van der Waals surface area contributed by atoms with Gasteiger partial charge in [-0.3, -0.25) is 4.79 Å². The van der Waals surface area contributed by atoms with Crippen molar-refractivity contribution in [2.75, 3.05) is 0 Å². The van der Waals surface area contributed by atoms with Gasteiger partial charge in [0, 0.05) is 10.0 Å². The Kier molecular flexibility index (Phi) is 8.37. The Balaban J connectivity index is 1.28. The highest BCUT2D eigenvalue weighted by Crippen LogP contribution is 2.20. The second-order valence-electron chi connectivity index (χ2n) is 8.06. The molecular formula is C28H23BrN2O5S. The van der Waals surface area contributed by atoms with E-state index in [-0.39, 0.29) is 16.6 Å². The zero-order valence-electron chi connectivity index (χ0n) is 19.8. The molecule has 0 bridgehead atoms. The van der Waals surface area contributed by atoms with Gasteiger partial charge in [-0.05, 0) is 90.8 Å². The summed E-state index contributed by atoms with van der Waals surface area (Å²) in [5.41, 5.74) is 5.53. The number of aryl methyl sites for hydroxylation is 1. The van der Waals surface area contributed by atoms with Crippen LogP contribution in [0.2, 0.25) is 0 Å². The molecule has 1 amide bonds. The lowest BCUT2D eigenvalue weighted by Crippen LogP contribution is -2.17. The molecule has 0 aliphatic rings. The number of nitrogens with one attached hydrogen (secondary N) is 1. The summed E-state index contributed by atoms with van der Waals surface area (Å²) in [5.74, 6) is 0.443. The maximum absolute atomic E-state index is 12.4. The minimum atomic E-state index is -3.93. The van der Waals surface area contributed by atoms with Gasteiger partial charge in [-0.1, -0.05) is 45.8 Å². The number of hydrogen-bond donors (Lipinski definition) is 1. The van der Waals surface area contributed by atoms with Gasteiger partial charge in [-0.2, -0.15) is 13.5 Å². The van der Waals surface area contributed by atoms with E-state index in [1.54, 1.807) is 48.5 Å². The third kappa shape index (κ3) is 7.52. The molecule has 0 radical (unpaired) electrons. The Labute approximate surface area is 224 Å². The second kappa shape index (κ2) is 11.9. The average Bonchev–Trinajstić information content (AvgIpc) is 2.90. The molecule has 188 valence electrons. The number of rotatable bonds is 9. The predicted molar refractivity (Wildman–Crippen MR) is 145 cm³/mol. The van der Waals surface area contributed by atoms with Crippen molar-refractivity contribution in [2.24, 2.45) is 5.10 Å². The van der Waals surface area contributed by atoms with Crippen LogP contribution in [0.25, 0.3) is 0 Å². The van der Waals surface area contributed by atoms with Gasteiger partial charge in [0.25, 0.3) is 5.91 Å². The minimum Gasteiger partial charge on any atom is -0.489 e. The molecule has 0 spiro atoms. The molecular weight excluding hydrogens is 556 g/mol. The van der Waals surface area contributed by atoms with Gasteiger partial charge in [0.05, 0.1) is 6.21 Å². The molecule has 0 fully saturated rings. The minimum absolute atomic E-state index is 0.0793. The first-order valence-electron chi connectivity index (χ1n) is 11.2. The number of benzene rings is 4. The van der Waals surface area contributed by atoms with Gasteiger partial charge in [0.15, 0.2) is 0 Å². The van der Waals surface area contributed by atoms with Gasteiger partial charge in [0.2, 0.25) is 0 Å². The van der Waals surface area contributed by atoms with E-state index in [0.717, 1.165) is 15.6 Å². The molecule has 0 aliphatic heterocycles. The molecule has 4 aromatic carbocycles. The third-order valence-corrected chi connectivity index (χ3v) is 7.00. The Hall–Kier alpha value is -3.95. The normalized spacial score (nSPS) is 11.3. The average molecular weight is 579 g/mol. The quantitative estimate of drug-likeness (QED) is 0.152. The number of halogens is 1. The highest BCUT2D eigenvalue weighted by atomic mass is 79.9. The number of nitrogens with zero attached hydrogens (tertiary/aromatic N) is 1. The van der Waals surface area contributed by atoms with Crippen LogP contribution in [0.15, 0.2) is 112 Å². The third-order valence-electron chi connectivity index (χ3n) is 5.21. The summed E-state index contributed by atoms with van der Waals surface area (Å²) < 4.78 is 36.8. The Bertz CT molecular complexity index is 1480. The first kappa shape index (κ1) is 26.1. The van der Waals surface area contributed by atoms with Crippen molar-refractivity contribution in [2.45, 2.75) is 18.4 Å². The summed E-state index contributed by atoms with van der Waals surface area (Å²) in [4.78, 5) is 12.4. The summed E-state index contributed by atoms with van der Waals surface area (Å²) in [6, 6.07) is 27.3. The maximum atomic E-state index is 12.4. The lowest BCUT2D eigenvalue weighted by Gasteiger charge is -2.07. The van der Waals surface area contributed by atoms with Gasteiger partial charge in [0.1, 0.15) is 23.0 Å². The monoisotopic (exact) mass is 578 g/mol. The molecule has 1 N–H and O–H groups in total. The fourth-order valence-electron chi connectivity index (χ4n) is 3.17. The van der Waals surface area contributed by atoms with Crippen molar-refractivity contribution in [1.29, 1.82) is 0 Å². The number of carbonyl (C=O) groups excluding carboxylic acids is 1. The van der Waals surface area contributed by atoms with Crippen molar-refractivity contribution in [3.63, 3.8) is 0 Å². The Morgan fingerprint density at radius 2 is 1.49 bits per heavy atom. The van der Waals surface area contributed by atoms with E-state index in [4.69, 9.17) is 8.92 Å². The van der Waals surface area contributed by atoms with Crippen LogP contribution in [-0.2, 0) is 16.7 Å². The van der Waals surface area contributed by atoms with Crippen LogP contribution < -0.4 is 14.3 Å². The number of carbonyl (C=O) groups is 1. The topological polar surface area (TPSA) is 94.1 Å². The van der Waals surface area contributed by atoms with Crippen LogP contribution in [0.1, 0.15) is 27.0 Å². The van der Waals surface area contributed by atoms with Crippen LogP contribution in [0.3, 0.4) is 0 Å². The lowest BCUT2D eigenvalue weighted by atomic mass is 10.2. The number of ether oxygens (including phenoxy) is 1. The van der Waals surface area contributed by atoms with Crippen LogP contribution in [-0.4, -0.2) is 20.5 Å². The molecule has 0 unspecified atom stereocenters. The molecule has 37 heavy (non-hydrogen) atoms. The maximum Gasteiger partial charge on any atom is 0.339 e. The largest absolute Gasteiger partial charge is 0.489 e. The molecule has 0 heterocycles. The first-order chi connectivity index (χ1) is 17.8. The molecule has 9 heteroatoms. The van der Waals surface area contributed by atoms with E-state index in [1.165, 1.54) is 30.5 Å². The van der Waals surface area contributed by atoms with Gasteiger partial charge >= 0.3 is 10.1 Å². The van der Waals surface area contributed by atoms with Gasteiger partial charge in [-0.15, -0.1) is 0 Å². The van der Waals surface area contributed by atoms with Crippen molar-refractivity contribution in [1.82, 2.24) is 5.43 Å². The fourth-order valence-corrected chi connectivity index (χ4v) is 4.36. The smallest absolute Gasteiger partial charge is 0.339 e. The van der Waals surface area contributed by atoms with Crippen LogP contribution in [0, 0.1) is 6.92 Å². The van der Waals surface area contributed by atoms with E-state index >= 15 is 0 Å². The molecule has 4 rings (SSSR count). The molecule has 0 atom stereocenters. The molecule has 7 nitrogen and oxygen atoms in total. The fraction of sp³-hybridized carbons (Fsp3) is 0.0714. The summed E-state index contributed by atoms with van der Waals surface area (Å²) in [7, 11) is -3.93. The molecule has 4 aromatic rings. The van der Waals surface area contributed by atoms with Crippen molar-refractivity contribution in [3.05, 3.63) is 124 Å². The SMILES string of the molecule is Cc1ccc(S(=O)(=O)Oc2ccc(C=NNC(=O)c3ccc(OCc4ccc(Br)cc4)cc3)cc2)cc1. The number of hydrogen-bond acceptors (Lipinski definition) is 6. The lowest BCUT2D eigenvalue weighted by molar-refractivity contribution is 0.0955. The van der Waals surface area contributed by atoms with E-state index < -0.39 is 10.1 Å². The standard InChI is InChI=1S/C28H23BrN2O5S/c1-20-2-16-27(17-3-20)37(33,34)36-26-12-6-21(7-13-26)18-30-31-28(32)23-8-14-25(15-9-23)35-19-22-4-10-24(29)11-5-22/h2-18H,19H2,1H3,(H,31,32). The van der Waals surface area contributed by atoms with Crippen molar-refractivity contribution in [3.8, 4) is 11.5 Å². The summed E-state index contributed by atoms with van der Waals surface area (Å²) >= 11 is 3.40. The van der Waals surface area contributed by atoms with E-state index in [0.29, 0.717) is 23.5 Å². The Morgan fingerprint density at radius 3 is 2.14 bits per heavy atom. The van der Waals surface area contributed by atoms with Crippen molar-refractivity contribution >= 4 is 38.2 Å². The predicted octanol–water partition coefficient (Wildman–Crippen LogP) is 5.87. The zero-order chi connectivity index (χ0) is 26.3. The molecule has 0 aliphatic carbocycles. The van der Waals surface area contributed by atoms with E-state index in [2.05, 4.69) is 26.5 Å². The Morgan fingerprint density at radius 1 is 0.865 bits per heavy atom. The van der Waals surface area contributed by atoms with Crippen molar-refractivity contribution < 1.29 is 22.1 Å². The first-order valence-corrected chi connectivity index (χ1v) is 13.4. The van der Waals surface area contributed by atoms with Crippen LogP contribution in [0.4, 0.5) is 0 Å². The molecule has 0 aromatic heterocycles. The van der Waals surface area contributed by atoms with Crippen LogP contribution in [0.5, 0.6) is 11.5 Å².